The lowest BCUT2D eigenvalue weighted by molar-refractivity contribution is -0.118. The molecule has 2 aliphatic heterocycles. The minimum Gasteiger partial charge on any atom is -0.497 e. The number of aliphatic hydroxyl groups is 1. The molecule has 0 aliphatic carbocycles. The molecule has 4 atom stereocenters. The molecule has 0 spiro atoms. The van der Waals surface area contributed by atoms with Crippen molar-refractivity contribution in [2.45, 2.75) is 44.0 Å². The van der Waals surface area contributed by atoms with Gasteiger partial charge in [-0.3, -0.25) is 24.5 Å². The number of hydrogen-bond donors (Lipinski definition) is 3. The molecule has 2 aliphatic rings. The van der Waals surface area contributed by atoms with Gasteiger partial charge >= 0.3 is 0 Å². The van der Waals surface area contributed by atoms with Crippen molar-refractivity contribution < 1.29 is 42.0 Å². The van der Waals surface area contributed by atoms with Crippen LogP contribution in [0.2, 0.25) is 0 Å². The van der Waals surface area contributed by atoms with Gasteiger partial charge in [0, 0.05) is 19.0 Å². The molecular weight excluding hydrogens is 789 g/mol. The topological polar surface area (TPSA) is 196 Å². The summed E-state index contributed by atoms with van der Waals surface area (Å²) in [7, 11) is -0.0578. The molecular formula is C40H44N6O10S2. The first kappa shape index (κ1) is 40.8. The van der Waals surface area contributed by atoms with Gasteiger partial charge in [-0.15, -0.1) is 0 Å². The third-order valence-electron chi connectivity index (χ3n) is 10.3. The van der Waals surface area contributed by atoms with Crippen molar-refractivity contribution in [1.29, 1.82) is 0 Å². The van der Waals surface area contributed by atoms with Crippen LogP contribution in [0, 0.1) is 5.92 Å². The summed E-state index contributed by atoms with van der Waals surface area (Å²) in [4.78, 5) is 38.7. The monoisotopic (exact) mass is 832 g/mol. The van der Waals surface area contributed by atoms with Crippen LogP contribution < -0.4 is 20.3 Å². The summed E-state index contributed by atoms with van der Waals surface area (Å²) < 4.78 is 56.8. The second kappa shape index (κ2) is 16.8. The summed E-state index contributed by atoms with van der Waals surface area (Å²) in [6.45, 7) is 3.41. The number of hydrogen-bond acceptors (Lipinski definition) is 13. The molecule has 3 aromatic carbocycles. The van der Waals surface area contributed by atoms with E-state index in [1.54, 1.807) is 33.0 Å². The lowest BCUT2D eigenvalue weighted by atomic mass is 9.80. The van der Waals surface area contributed by atoms with Crippen LogP contribution in [0.25, 0.3) is 11.2 Å². The lowest BCUT2D eigenvalue weighted by Crippen LogP contribution is -2.47. The molecule has 4 unspecified atom stereocenters. The normalized spacial score (nSPS) is 20.6. The number of imidazole rings is 1. The van der Waals surface area contributed by atoms with E-state index in [9.17, 15) is 23.1 Å². The van der Waals surface area contributed by atoms with Crippen LogP contribution in [0.5, 0.6) is 11.5 Å². The van der Waals surface area contributed by atoms with Gasteiger partial charge in [-0.05, 0) is 53.2 Å². The number of amides is 1. The Balaban J connectivity index is 1.28. The molecule has 5 aromatic rings. The molecule has 2 saturated heterocycles. The van der Waals surface area contributed by atoms with E-state index in [4.69, 9.17) is 35.9 Å². The number of sulfone groups is 1. The zero-order valence-electron chi connectivity index (χ0n) is 32.2. The lowest BCUT2D eigenvalue weighted by Gasteiger charge is -2.37. The Labute approximate surface area is 340 Å². The van der Waals surface area contributed by atoms with E-state index in [1.807, 2.05) is 78.9 Å². The van der Waals surface area contributed by atoms with Crippen molar-refractivity contribution >= 4 is 50.2 Å². The number of benzene rings is 3. The Kier molecular flexibility index (Phi) is 11.8. The van der Waals surface area contributed by atoms with Crippen molar-refractivity contribution in [3.05, 3.63) is 112 Å². The number of rotatable bonds is 12. The molecule has 0 radical (unpaired) electrons. The first-order valence-electron chi connectivity index (χ1n) is 18.6. The quantitative estimate of drug-likeness (QED) is 0.122. The molecule has 1 amide bonds. The van der Waals surface area contributed by atoms with Crippen molar-refractivity contribution in [1.82, 2.24) is 24.4 Å². The molecule has 7 rings (SSSR count). The summed E-state index contributed by atoms with van der Waals surface area (Å²) >= 11 is 5.67. The maximum atomic E-state index is 13.2. The number of aromatic amines is 1. The van der Waals surface area contributed by atoms with E-state index in [0.29, 0.717) is 11.5 Å². The second-order valence-electron chi connectivity index (χ2n) is 14.2. The Morgan fingerprint density at radius 1 is 0.983 bits per heavy atom. The Morgan fingerprint density at radius 3 is 2.14 bits per heavy atom. The van der Waals surface area contributed by atoms with E-state index in [0.717, 1.165) is 16.7 Å². The number of methoxy groups -OCH3 is 2. The number of thiocarbonyl (C=S) groups is 1. The molecule has 0 saturated carbocycles. The molecule has 2 aromatic heterocycles. The molecule has 306 valence electrons. The maximum Gasteiger partial charge on any atom is 0.280 e. The summed E-state index contributed by atoms with van der Waals surface area (Å²) in [5.41, 5.74) is 0.404. The smallest absolute Gasteiger partial charge is 0.280 e. The molecule has 16 nitrogen and oxygen atoms in total. The average Bonchev–Trinajstić information content (AvgIpc) is 3.79. The third-order valence-corrected chi connectivity index (χ3v) is 12.2. The molecule has 2 fully saturated rings. The summed E-state index contributed by atoms with van der Waals surface area (Å²) in [5.74, 6) is 0.195. The van der Waals surface area contributed by atoms with Gasteiger partial charge in [0.2, 0.25) is 11.9 Å². The van der Waals surface area contributed by atoms with Crippen molar-refractivity contribution in [2.24, 2.45) is 5.92 Å². The first-order valence-corrected chi connectivity index (χ1v) is 20.8. The van der Waals surface area contributed by atoms with Crippen LogP contribution >= 0.6 is 12.2 Å². The van der Waals surface area contributed by atoms with E-state index in [1.165, 1.54) is 10.9 Å². The van der Waals surface area contributed by atoms with Gasteiger partial charge in [-0.1, -0.05) is 68.4 Å². The first-order chi connectivity index (χ1) is 27.8. The van der Waals surface area contributed by atoms with Gasteiger partial charge in [0.25, 0.3) is 10.7 Å². The molecule has 3 N–H and O–H groups in total. The highest BCUT2D eigenvalue weighted by atomic mass is 32.2. The molecule has 58 heavy (non-hydrogen) atoms. The number of nitrogens with zero attached hydrogens (tertiary/aromatic N) is 4. The zero-order chi connectivity index (χ0) is 41.2. The van der Waals surface area contributed by atoms with Crippen LogP contribution in [0.1, 0.15) is 36.8 Å². The highest BCUT2D eigenvalue weighted by Crippen LogP contribution is 2.43. The van der Waals surface area contributed by atoms with Crippen molar-refractivity contribution in [3.8, 4) is 11.5 Å². The Hall–Kier alpha value is -5.40. The predicted molar refractivity (Wildman–Crippen MR) is 217 cm³/mol. The van der Waals surface area contributed by atoms with Crippen LogP contribution in [0.15, 0.2) is 90.0 Å². The average molecular weight is 833 g/mol. The van der Waals surface area contributed by atoms with Crippen LogP contribution in [0.3, 0.4) is 0 Å². The number of carbonyl (C=O) groups excluding carboxylic acids is 1. The van der Waals surface area contributed by atoms with Gasteiger partial charge in [-0.2, -0.15) is 4.98 Å². The number of fused-ring (bicyclic) bond motifs is 1. The van der Waals surface area contributed by atoms with Crippen LogP contribution in [-0.2, 0) is 34.4 Å². The van der Waals surface area contributed by atoms with Gasteiger partial charge in [-0.25, -0.2) is 13.4 Å². The minimum atomic E-state index is -3.23. The molecule has 18 heteroatoms. The summed E-state index contributed by atoms with van der Waals surface area (Å²) in [6.07, 6.45) is -3.54. The highest BCUT2D eigenvalue weighted by Gasteiger charge is 2.50. The highest BCUT2D eigenvalue weighted by molar-refractivity contribution is 7.91. The standard InChI is InChI=1S/C40H44N6O10S2/c1-24(2)35(48)43-38-42-34-31(36(49)44-38)41-23-46(34)37-33(56-39(57)45-18-20-58(50,51)21-19-45)32(47)30(55-37)22-54-40(25-8-6-5-7-9-25,26-10-14-28(52-3)15-11-26)27-12-16-29(53-4)17-13-27/h5-17,23-24,30,32-33,37,47H,18-22H2,1-4H3,(H2,42,43,44,48,49). The number of aromatic nitrogens is 4. The molecule has 4 heterocycles. The second-order valence-corrected chi connectivity index (χ2v) is 16.9. The summed E-state index contributed by atoms with van der Waals surface area (Å²) in [5, 5.41) is 14.7. The van der Waals surface area contributed by atoms with Crippen molar-refractivity contribution in [2.75, 3.05) is 50.7 Å². The van der Waals surface area contributed by atoms with E-state index in [2.05, 4.69) is 20.3 Å². The van der Waals surface area contributed by atoms with E-state index in [-0.39, 0.29) is 59.4 Å². The zero-order valence-corrected chi connectivity index (χ0v) is 33.9. The third kappa shape index (κ3) is 8.15. The fraction of sp³-hybridized carbons (Fsp3) is 0.375. The Morgan fingerprint density at radius 2 is 1.57 bits per heavy atom. The van der Waals surface area contributed by atoms with Gasteiger partial charge in [0.1, 0.15) is 29.3 Å². The maximum absolute atomic E-state index is 13.2. The van der Waals surface area contributed by atoms with Crippen LogP contribution in [-0.4, -0.2) is 113 Å². The number of carbonyl (C=O) groups is 1. The number of anilines is 1. The number of ether oxygens (including phenoxy) is 5. The van der Waals surface area contributed by atoms with E-state index < -0.39 is 51.5 Å². The predicted octanol–water partition coefficient (Wildman–Crippen LogP) is 3.40. The number of nitrogens with one attached hydrogen (secondary N) is 2. The number of aliphatic hydroxyl groups excluding tert-OH is 1. The van der Waals surface area contributed by atoms with Gasteiger partial charge in [0.15, 0.2) is 33.3 Å². The SMILES string of the molecule is COc1ccc(C(OCC2OC(n3cnc4c(=O)[nH]c(NC(=O)C(C)C)nc43)C(OC(=S)N3CCS(=O)(=O)CC3)C2O)(c2ccccc2)c2ccc(OC)cc2)cc1. The number of H-pyrrole nitrogens is 1. The van der Waals surface area contributed by atoms with Gasteiger partial charge in [0.05, 0.1) is 38.7 Å². The summed E-state index contributed by atoms with van der Waals surface area (Å²) in [6, 6.07) is 24.6. The minimum absolute atomic E-state index is 0.0377. The largest absolute Gasteiger partial charge is 0.497 e. The van der Waals surface area contributed by atoms with Gasteiger partial charge < -0.3 is 33.7 Å². The molecule has 0 bridgehead atoms. The fourth-order valence-electron chi connectivity index (χ4n) is 7.01. The van der Waals surface area contributed by atoms with Crippen molar-refractivity contribution in [3.63, 3.8) is 0 Å². The Bertz CT molecular complexity index is 2360. The van der Waals surface area contributed by atoms with Crippen LogP contribution in [0.4, 0.5) is 5.95 Å². The van der Waals surface area contributed by atoms with E-state index >= 15 is 0 Å². The fourth-order valence-corrected chi connectivity index (χ4v) is 8.50.